The lowest BCUT2D eigenvalue weighted by molar-refractivity contribution is 0.204. The predicted molar refractivity (Wildman–Crippen MR) is 97.7 cm³/mol. The zero-order valence-corrected chi connectivity index (χ0v) is 15.4. The maximum atomic E-state index is 12.8. The first-order valence-corrected chi connectivity index (χ1v) is 8.90. The zero-order valence-electron chi connectivity index (χ0n) is 15.4. The van der Waals surface area contributed by atoms with Crippen LogP contribution in [-0.4, -0.2) is 36.9 Å². The van der Waals surface area contributed by atoms with Crippen LogP contribution in [0.3, 0.4) is 0 Å². The van der Waals surface area contributed by atoms with Crippen molar-refractivity contribution in [2.45, 2.75) is 38.6 Å². The van der Waals surface area contributed by atoms with E-state index in [0.29, 0.717) is 23.7 Å². The molecule has 0 radical (unpaired) electrons. The van der Waals surface area contributed by atoms with Crippen LogP contribution < -0.4 is 14.8 Å². The Balaban J connectivity index is 1.74. The van der Waals surface area contributed by atoms with Crippen molar-refractivity contribution >= 4 is 11.7 Å². The lowest BCUT2D eigenvalue weighted by Gasteiger charge is -2.23. The molecule has 0 spiro atoms. The number of nitrogens with one attached hydrogen (secondary N) is 1. The lowest BCUT2D eigenvalue weighted by Crippen LogP contribution is -2.34. The molecule has 2 aromatic rings. The van der Waals surface area contributed by atoms with E-state index in [4.69, 9.17) is 14.0 Å². The van der Waals surface area contributed by atoms with Gasteiger partial charge in [0.15, 0.2) is 0 Å². The molecule has 0 unspecified atom stereocenters. The van der Waals surface area contributed by atoms with Gasteiger partial charge < -0.3 is 24.2 Å². The number of nitrogens with zero attached hydrogens (tertiary/aromatic N) is 2. The van der Waals surface area contributed by atoms with Gasteiger partial charge in [-0.2, -0.15) is 0 Å². The third-order valence-corrected chi connectivity index (χ3v) is 4.53. The molecule has 1 N–H and O–H groups in total. The number of hydrogen-bond donors (Lipinski definition) is 1. The highest BCUT2D eigenvalue weighted by molar-refractivity contribution is 5.90. The number of likely N-dealkylation sites (tertiary alicyclic amines) is 1. The summed E-state index contributed by atoms with van der Waals surface area (Å²) in [6.07, 6.45) is 3.68. The number of anilines is 1. The van der Waals surface area contributed by atoms with Crippen LogP contribution in [0, 0.1) is 0 Å². The molecule has 1 saturated heterocycles. The summed E-state index contributed by atoms with van der Waals surface area (Å²) in [5, 5.41) is 7.11. The Morgan fingerprint density at radius 3 is 2.65 bits per heavy atom. The minimum atomic E-state index is -0.164. The van der Waals surface area contributed by atoms with Crippen LogP contribution in [-0.2, 0) is 6.42 Å². The number of benzene rings is 1. The first-order chi connectivity index (χ1) is 12.6. The Morgan fingerprint density at radius 1 is 1.27 bits per heavy atom. The molecule has 0 aliphatic carbocycles. The van der Waals surface area contributed by atoms with Crippen LogP contribution in [0.4, 0.5) is 10.5 Å². The van der Waals surface area contributed by atoms with Crippen molar-refractivity contribution in [3.8, 4) is 11.5 Å². The number of urea groups is 1. The van der Waals surface area contributed by atoms with Crippen molar-refractivity contribution in [3.63, 3.8) is 0 Å². The molecule has 0 bridgehead atoms. The molecule has 7 nitrogen and oxygen atoms in total. The topological polar surface area (TPSA) is 76.8 Å². The first kappa shape index (κ1) is 18.1. The highest BCUT2D eigenvalue weighted by Gasteiger charge is 2.32. The molecular weight excluding hydrogens is 334 g/mol. The molecule has 140 valence electrons. The Kier molecular flexibility index (Phi) is 5.65. The fraction of sp³-hybridized carbons (Fsp3) is 0.474. The third kappa shape index (κ3) is 3.92. The molecule has 2 heterocycles. The van der Waals surface area contributed by atoms with E-state index in [1.54, 1.807) is 37.3 Å². The van der Waals surface area contributed by atoms with Crippen molar-refractivity contribution < 1.29 is 18.8 Å². The van der Waals surface area contributed by atoms with Gasteiger partial charge in [0.05, 0.1) is 20.3 Å². The van der Waals surface area contributed by atoms with Crippen LogP contribution in [0.2, 0.25) is 0 Å². The zero-order chi connectivity index (χ0) is 18.5. The quantitative estimate of drug-likeness (QED) is 0.843. The number of ether oxygens (including phenoxy) is 2. The molecule has 1 fully saturated rings. The Bertz CT molecular complexity index is 737. The second-order valence-electron chi connectivity index (χ2n) is 6.35. The lowest BCUT2D eigenvalue weighted by atomic mass is 10.1. The number of rotatable bonds is 6. The van der Waals surface area contributed by atoms with Gasteiger partial charge in [0.25, 0.3) is 0 Å². The summed E-state index contributed by atoms with van der Waals surface area (Å²) in [6.45, 7) is 2.79. The molecule has 0 saturated carbocycles. The Morgan fingerprint density at radius 2 is 2.00 bits per heavy atom. The minimum Gasteiger partial charge on any atom is -0.497 e. The summed E-state index contributed by atoms with van der Waals surface area (Å²) in [7, 11) is 3.16. The molecule has 2 amide bonds. The average Bonchev–Trinajstić information content (AvgIpc) is 3.30. The number of aromatic nitrogens is 1. The third-order valence-electron chi connectivity index (χ3n) is 4.53. The van der Waals surface area contributed by atoms with Crippen LogP contribution >= 0.6 is 0 Å². The normalized spacial score (nSPS) is 16.6. The number of hydrogen-bond acceptors (Lipinski definition) is 5. The summed E-state index contributed by atoms with van der Waals surface area (Å²) in [5.41, 5.74) is 1.45. The molecule has 1 atom stereocenters. The first-order valence-electron chi connectivity index (χ1n) is 8.90. The van der Waals surface area contributed by atoms with Crippen molar-refractivity contribution in [3.05, 3.63) is 35.7 Å². The van der Waals surface area contributed by atoms with Crippen LogP contribution in [0.1, 0.15) is 43.7 Å². The maximum absolute atomic E-state index is 12.8. The molecule has 7 heteroatoms. The van der Waals surface area contributed by atoms with Crippen molar-refractivity contribution in [1.29, 1.82) is 0 Å². The highest BCUT2D eigenvalue weighted by atomic mass is 16.5. The fourth-order valence-electron chi connectivity index (χ4n) is 3.24. The number of methoxy groups -OCH3 is 2. The standard InChI is InChI=1S/C19H25N3O4/c1-4-6-14-12-17(21-26-14)18-7-5-8-22(18)19(23)20-13-9-15(24-2)11-16(10-13)25-3/h9-12,18H,4-8H2,1-3H3,(H,20,23)/t18-/m0/s1. The number of amides is 2. The maximum Gasteiger partial charge on any atom is 0.322 e. The van der Waals surface area contributed by atoms with Gasteiger partial charge in [-0.05, 0) is 19.3 Å². The van der Waals surface area contributed by atoms with Crippen molar-refractivity contribution in [1.82, 2.24) is 10.1 Å². The van der Waals surface area contributed by atoms with E-state index in [9.17, 15) is 4.79 Å². The van der Waals surface area contributed by atoms with E-state index in [-0.39, 0.29) is 12.1 Å². The fourth-order valence-corrected chi connectivity index (χ4v) is 3.24. The smallest absolute Gasteiger partial charge is 0.322 e. The largest absolute Gasteiger partial charge is 0.497 e. The summed E-state index contributed by atoms with van der Waals surface area (Å²) in [6, 6.07) is 7.04. The summed E-state index contributed by atoms with van der Waals surface area (Å²) >= 11 is 0. The van der Waals surface area contributed by atoms with E-state index >= 15 is 0 Å². The highest BCUT2D eigenvalue weighted by Crippen LogP contribution is 2.33. The van der Waals surface area contributed by atoms with Gasteiger partial charge in [-0.25, -0.2) is 4.79 Å². The van der Waals surface area contributed by atoms with Gasteiger partial charge in [-0.3, -0.25) is 0 Å². The Labute approximate surface area is 153 Å². The van der Waals surface area contributed by atoms with E-state index in [1.807, 2.05) is 6.07 Å². The van der Waals surface area contributed by atoms with Crippen LogP contribution in [0.5, 0.6) is 11.5 Å². The second-order valence-corrected chi connectivity index (χ2v) is 6.35. The monoisotopic (exact) mass is 359 g/mol. The summed E-state index contributed by atoms with van der Waals surface area (Å²) < 4.78 is 15.9. The number of aryl methyl sites for hydroxylation is 1. The molecule has 1 aromatic heterocycles. The van der Waals surface area contributed by atoms with Crippen molar-refractivity contribution in [2.24, 2.45) is 0 Å². The molecule has 1 aromatic carbocycles. The van der Waals surface area contributed by atoms with Crippen LogP contribution in [0.15, 0.2) is 28.8 Å². The van der Waals surface area contributed by atoms with E-state index in [2.05, 4.69) is 17.4 Å². The second kappa shape index (κ2) is 8.12. The number of carbonyl (C=O) groups excluding carboxylic acids is 1. The van der Waals surface area contributed by atoms with Crippen molar-refractivity contribution in [2.75, 3.05) is 26.1 Å². The molecule has 1 aliphatic heterocycles. The SMILES string of the molecule is CCCc1cc([C@@H]2CCCN2C(=O)Nc2cc(OC)cc(OC)c2)no1. The van der Waals surface area contributed by atoms with Gasteiger partial charge in [-0.1, -0.05) is 12.1 Å². The number of carbonyl (C=O) groups is 1. The van der Waals surface area contributed by atoms with Gasteiger partial charge in [-0.15, -0.1) is 0 Å². The minimum absolute atomic E-state index is 0.0585. The van der Waals surface area contributed by atoms with Gasteiger partial charge in [0.1, 0.15) is 23.0 Å². The predicted octanol–water partition coefficient (Wildman–Crippen LogP) is 4.01. The van der Waals surface area contributed by atoms with E-state index < -0.39 is 0 Å². The molecular formula is C19H25N3O4. The molecule has 26 heavy (non-hydrogen) atoms. The average molecular weight is 359 g/mol. The van der Waals surface area contributed by atoms with Crippen LogP contribution in [0.25, 0.3) is 0 Å². The van der Waals surface area contributed by atoms with Gasteiger partial charge >= 0.3 is 6.03 Å². The Hall–Kier alpha value is -2.70. The van der Waals surface area contributed by atoms with E-state index in [0.717, 1.165) is 37.1 Å². The van der Waals surface area contributed by atoms with E-state index in [1.165, 1.54) is 0 Å². The summed E-state index contributed by atoms with van der Waals surface area (Å²) in [5.74, 6) is 2.11. The van der Waals surface area contributed by atoms with Gasteiger partial charge in [0.2, 0.25) is 0 Å². The summed E-state index contributed by atoms with van der Waals surface area (Å²) in [4.78, 5) is 14.6. The molecule has 3 rings (SSSR count). The van der Waals surface area contributed by atoms with Gasteiger partial charge in [0, 0.05) is 42.9 Å². The molecule has 1 aliphatic rings.